The summed E-state index contributed by atoms with van der Waals surface area (Å²) >= 11 is 10.2. The molecule has 26 heavy (non-hydrogen) atoms. The molecule has 1 fully saturated rings. The number of hydrogen-bond acceptors (Lipinski definition) is 4. The number of amides is 1. The number of thioether (sulfide) groups is 1. The molecule has 0 aliphatic carbocycles. The number of hydrogen-bond donors (Lipinski definition) is 0. The second-order valence-electron chi connectivity index (χ2n) is 5.96. The van der Waals surface area contributed by atoms with Crippen molar-refractivity contribution in [3.8, 4) is 5.69 Å². The second-order valence-corrected chi connectivity index (χ2v) is 8.56. The highest BCUT2D eigenvalue weighted by atomic mass is 79.9. The highest BCUT2D eigenvalue weighted by molar-refractivity contribution is 9.10. The number of carbonyl (C=O) groups is 1. The first kappa shape index (κ1) is 19.4. The Balaban J connectivity index is 1.93. The van der Waals surface area contributed by atoms with Gasteiger partial charge in [-0.15, -0.1) is 0 Å². The van der Waals surface area contributed by atoms with Gasteiger partial charge in [0.2, 0.25) is 0 Å². The van der Waals surface area contributed by atoms with E-state index in [1.807, 2.05) is 18.2 Å². The maximum absolute atomic E-state index is 12.6. The number of aryl methyl sites for hydroxylation is 1. The molecular weight excluding hydrogens is 432 g/mol. The van der Waals surface area contributed by atoms with Crippen LogP contribution >= 0.6 is 39.9 Å². The first-order valence-electron chi connectivity index (χ1n) is 8.11. The van der Waals surface area contributed by atoms with E-state index in [4.69, 9.17) is 17.0 Å². The first-order valence-corrected chi connectivity index (χ1v) is 10.1. The molecule has 4 nitrogen and oxygen atoms in total. The van der Waals surface area contributed by atoms with Gasteiger partial charge < -0.3 is 9.30 Å². The fourth-order valence-corrected chi connectivity index (χ4v) is 4.50. The molecule has 0 spiro atoms. The molecule has 1 amide bonds. The van der Waals surface area contributed by atoms with E-state index >= 15 is 0 Å². The number of halogens is 1. The molecule has 0 atom stereocenters. The third kappa shape index (κ3) is 3.81. The number of thiocarbonyl (C=S) groups is 1. The quantitative estimate of drug-likeness (QED) is 0.488. The summed E-state index contributed by atoms with van der Waals surface area (Å²) in [5.41, 5.74) is 4.33. The molecule has 3 rings (SSSR count). The van der Waals surface area contributed by atoms with E-state index in [0.717, 1.165) is 27.1 Å². The molecule has 1 saturated heterocycles. The number of aromatic nitrogens is 1. The van der Waals surface area contributed by atoms with Gasteiger partial charge in [0, 0.05) is 28.7 Å². The zero-order chi connectivity index (χ0) is 18.8. The molecule has 2 heterocycles. The summed E-state index contributed by atoms with van der Waals surface area (Å²) in [6, 6.07) is 10.3. The summed E-state index contributed by atoms with van der Waals surface area (Å²) in [6.45, 7) is 5.08. The topological polar surface area (TPSA) is 34.5 Å². The first-order chi connectivity index (χ1) is 12.4. The summed E-state index contributed by atoms with van der Waals surface area (Å²) in [4.78, 5) is 14.9. The summed E-state index contributed by atoms with van der Waals surface area (Å²) in [6.07, 6.45) is 1.93. The Kier molecular flexibility index (Phi) is 6.02. The highest BCUT2D eigenvalue weighted by Crippen LogP contribution is 2.34. The molecule has 0 saturated carbocycles. The Morgan fingerprint density at radius 1 is 1.27 bits per heavy atom. The van der Waals surface area contributed by atoms with E-state index in [0.29, 0.717) is 22.4 Å². The standard InChI is InChI=1S/C19H19BrN2O2S2/c1-12-10-14(13(2)22(12)16-6-4-15(20)5-7-16)11-17-18(23)21(8-9-24-3)19(25)26-17/h4-7,10-11H,8-9H2,1-3H3/b17-11-. The van der Waals surface area contributed by atoms with Crippen LogP contribution in [-0.2, 0) is 9.53 Å². The Hall–Kier alpha value is -1.41. The average molecular weight is 451 g/mol. The predicted molar refractivity (Wildman–Crippen MR) is 115 cm³/mol. The van der Waals surface area contributed by atoms with Crippen LogP contribution in [0, 0.1) is 13.8 Å². The minimum Gasteiger partial charge on any atom is -0.383 e. The Bertz CT molecular complexity index is 888. The van der Waals surface area contributed by atoms with Crippen LogP contribution in [0.5, 0.6) is 0 Å². The van der Waals surface area contributed by atoms with Gasteiger partial charge in [-0.3, -0.25) is 9.69 Å². The number of nitrogens with zero attached hydrogens (tertiary/aromatic N) is 2. The van der Waals surface area contributed by atoms with Crippen LogP contribution in [0.4, 0.5) is 0 Å². The third-order valence-electron chi connectivity index (χ3n) is 4.23. The molecule has 0 unspecified atom stereocenters. The van der Waals surface area contributed by atoms with Crippen molar-refractivity contribution in [2.45, 2.75) is 13.8 Å². The Labute approximate surface area is 171 Å². The van der Waals surface area contributed by atoms with Crippen molar-refractivity contribution in [3.63, 3.8) is 0 Å². The Morgan fingerprint density at radius 3 is 2.62 bits per heavy atom. The van der Waals surface area contributed by atoms with E-state index in [2.05, 4.69) is 52.5 Å². The summed E-state index contributed by atoms with van der Waals surface area (Å²) < 4.78 is 8.87. The van der Waals surface area contributed by atoms with Crippen molar-refractivity contribution in [3.05, 3.63) is 56.7 Å². The van der Waals surface area contributed by atoms with Crippen LogP contribution in [0.3, 0.4) is 0 Å². The van der Waals surface area contributed by atoms with E-state index in [-0.39, 0.29) is 5.91 Å². The van der Waals surface area contributed by atoms with Crippen molar-refractivity contribution in [2.75, 3.05) is 20.3 Å². The van der Waals surface area contributed by atoms with Crippen LogP contribution in [0.2, 0.25) is 0 Å². The molecule has 7 heteroatoms. The number of benzene rings is 1. The molecule has 1 aromatic heterocycles. The number of rotatable bonds is 5. The van der Waals surface area contributed by atoms with Crippen LogP contribution in [-0.4, -0.2) is 40.0 Å². The molecule has 0 radical (unpaired) electrons. The van der Waals surface area contributed by atoms with Gasteiger partial charge in [-0.2, -0.15) is 0 Å². The van der Waals surface area contributed by atoms with Crippen molar-refractivity contribution in [1.82, 2.24) is 9.47 Å². The van der Waals surface area contributed by atoms with Gasteiger partial charge in [0.25, 0.3) is 5.91 Å². The van der Waals surface area contributed by atoms with Crippen molar-refractivity contribution < 1.29 is 9.53 Å². The average Bonchev–Trinajstić information content (AvgIpc) is 3.03. The van der Waals surface area contributed by atoms with E-state index in [1.54, 1.807) is 12.0 Å². The van der Waals surface area contributed by atoms with Crippen molar-refractivity contribution >= 4 is 56.2 Å². The van der Waals surface area contributed by atoms with Crippen molar-refractivity contribution in [2.24, 2.45) is 0 Å². The normalized spacial score (nSPS) is 16.2. The fraction of sp³-hybridized carbons (Fsp3) is 0.263. The fourth-order valence-electron chi connectivity index (χ4n) is 2.94. The number of methoxy groups -OCH3 is 1. The third-order valence-corrected chi connectivity index (χ3v) is 6.14. The second kappa shape index (κ2) is 8.08. The van der Waals surface area contributed by atoms with Gasteiger partial charge in [-0.1, -0.05) is 39.9 Å². The predicted octanol–water partition coefficient (Wildman–Crippen LogP) is 4.70. The lowest BCUT2D eigenvalue weighted by Gasteiger charge is -2.12. The van der Waals surface area contributed by atoms with Gasteiger partial charge in [-0.25, -0.2) is 0 Å². The zero-order valence-corrected chi connectivity index (χ0v) is 18.0. The lowest BCUT2D eigenvalue weighted by molar-refractivity contribution is -0.122. The number of carbonyl (C=O) groups excluding carboxylic acids is 1. The molecular formula is C19H19BrN2O2S2. The SMILES string of the molecule is COCCN1C(=O)/C(=C/c2cc(C)n(-c3ccc(Br)cc3)c2C)SC1=S. The van der Waals surface area contributed by atoms with Crippen LogP contribution < -0.4 is 0 Å². The zero-order valence-electron chi connectivity index (χ0n) is 14.8. The van der Waals surface area contributed by atoms with Crippen LogP contribution in [0.25, 0.3) is 11.8 Å². The molecule has 1 aliphatic rings. The van der Waals surface area contributed by atoms with Gasteiger partial charge >= 0.3 is 0 Å². The van der Waals surface area contributed by atoms with Gasteiger partial charge in [0.15, 0.2) is 0 Å². The summed E-state index contributed by atoms with van der Waals surface area (Å²) in [5.74, 6) is -0.0505. The molecule has 1 aliphatic heterocycles. The number of ether oxygens (including phenoxy) is 1. The summed E-state index contributed by atoms with van der Waals surface area (Å²) in [7, 11) is 1.62. The van der Waals surface area contributed by atoms with Gasteiger partial charge in [0.1, 0.15) is 4.32 Å². The smallest absolute Gasteiger partial charge is 0.266 e. The lowest BCUT2D eigenvalue weighted by atomic mass is 10.2. The highest BCUT2D eigenvalue weighted by Gasteiger charge is 2.31. The largest absolute Gasteiger partial charge is 0.383 e. The molecule has 136 valence electrons. The van der Waals surface area contributed by atoms with E-state index < -0.39 is 0 Å². The maximum Gasteiger partial charge on any atom is 0.266 e. The molecule has 0 N–H and O–H groups in total. The maximum atomic E-state index is 12.6. The minimum atomic E-state index is -0.0505. The minimum absolute atomic E-state index is 0.0505. The van der Waals surface area contributed by atoms with Gasteiger partial charge in [0.05, 0.1) is 18.1 Å². The molecule has 0 bridgehead atoms. The van der Waals surface area contributed by atoms with E-state index in [1.165, 1.54) is 11.8 Å². The monoisotopic (exact) mass is 450 g/mol. The van der Waals surface area contributed by atoms with Crippen LogP contribution in [0.15, 0.2) is 39.7 Å². The summed E-state index contributed by atoms with van der Waals surface area (Å²) in [5, 5.41) is 0. The lowest BCUT2D eigenvalue weighted by Crippen LogP contribution is -2.31. The van der Waals surface area contributed by atoms with Crippen LogP contribution in [0.1, 0.15) is 17.0 Å². The molecule has 2 aromatic rings. The van der Waals surface area contributed by atoms with Gasteiger partial charge in [-0.05, 0) is 55.8 Å². The Morgan fingerprint density at radius 2 is 1.96 bits per heavy atom. The molecule has 1 aromatic carbocycles. The van der Waals surface area contributed by atoms with E-state index in [9.17, 15) is 4.79 Å². The van der Waals surface area contributed by atoms with Crippen molar-refractivity contribution in [1.29, 1.82) is 0 Å².